The van der Waals surface area contributed by atoms with Gasteiger partial charge < -0.3 is 9.80 Å². The summed E-state index contributed by atoms with van der Waals surface area (Å²) in [5.74, 6) is 1.48. The van der Waals surface area contributed by atoms with Crippen LogP contribution in [0.15, 0.2) is 87.7 Å². The second kappa shape index (κ2) is 12.2. The van der Waals surface area contributed by atoms with E-state index >= 15 is 0 Å². The molecule has 4 aromatic rings. The lowest BCUT2D eigenvalue weighted by molar-refractivity contribution is -0.659. The Labute approximate surface area is 224 Å². The van der Waals surface area contributed by atoms with Crippen molar-refractivity contribution in [2.24, 2.45) is 48.6 Å². The van der Waals surface area contributed by atoms with Gasteiger partial charge in [0.15, 0.2) is 0 Å². The highest BCUT2D eigenvalue weighted by Gasteiger charge is 2.13. The van der Waals surface area contributed by atoms with Gasteiger partial charge in [0, 0.05) is 47.8 Å². The Morgan fingerprint density at radius 2 is 1.21 bits per heavy atom. The van der Waals surface area contributed by atoms with Crippen LogP contribution in [0.4, 0.5) is 34.6 Å². The number of aryl methyl sites for hydroxylation is 4. The molecule has 38 heavy (non-hydrogen) atoms. The maximum Gasteiger partial charge on any atom is 0.421 e. The minimum atomic E-state index is 0.685. The van der Waals surface area contributed by atoms with Crippen molar-refractivity contribution < 1.29 is 9.13 Å². The van der Waals surface area contributed by atoms with E-state index in [0.29, 0.717) is 5.95 Å². The zero-order chi connectivity index (χ0) is 27.1. The lowest BCUT2D eigenvalue weighted by Gasteiger charge is -2.29. The van der Waals surface area contributed by atoms with Crippen molar-refractivity contribution in [2.45, 2.75) is 13.8 Å². The fraction of sp³-hybridized carbons (Fsp3) is 0.370. The number of likely N-dealkylation sites (N-methyl/N-ethyl adjacent to an activating group) is 2. The Kier molecular flexibility index (Phi) is 8.57. The van der Waals surface area contributed by atoms with Crippen molar-refractivity contribution in [2.75, 3.05) is 36.0 Å². The van der Waals surface area contributed by atoms with E-state index in [1.54, 1.807) is 11.0 Å². The average Bonchev–Trinajstić information content (AvgIpc) is 3.43. The summed E-state index contributed by atoms with van der Waals surface area (Å²) >= 11 is 0. The molecule has 0 bridgehead atoms. The number of rotatable bonds is 11. The number of hydrogen-bond donors (Lipinski definition) is 0. The summed E-state index contributed by atoms with van der Waals surface area (Å²) in [6, 6.07) is 16.5. The van der Waals surface area contributed by atoms with Crippen molar-refractivity contribution in [1.82, 2.24) is 14.3 Å². The zero-order valence-electron chi connectivity index (χ0n) is 23.1. The highest BCUT2D eigenvalue weighted by Crippen LogP contribution is 2.23. The molecule has 0 radical (unpaired) electrons. The minimum absolute atomic E-state index is 0.685. The van der Waals surface area contributed by atoms with Crippen LogP contribution in [0, 0.1) is 0 Å². The largest absolute Gasteiger partial charge is 0.421 e. The lowest BCUT2D eigenvalue weighted by Crippen LogP contribution is -2.35. The molecule has 0 spiro atoms. The summed E-state index contributed by atoms with van der Waals surface area (Å²) in [6.45, 7) is 8.01. The molecule has 0 unspecified atom stereocenters. The molecule has 0 aliphatic rings. The first-order valence-electron chi connectivity index (χ1n) is 12.8. The topological polar surface area (TPSA) is 86.4 Å². The van der Waals surface area contributed by atoms with Gasteiger partial charge in [-0.25, -0.2) is 13.7 Å². The number of benzene rings is 2. The summed E-state index contributed by atoms with van der Waals surface area (Å²) in [5, 5.41) is 21.7. The van der Waals surface area contributed by atoms with Gasteiger partial charge in [0.05, 0.1) is 46.3 Å². The van der Waals surface area contributed by atoms with E-state index in [2.05, 4.69) is 73.5 Å². The van der Waals surface area contributed by atoms with Crippen LogP contribution in [0.5, 0.6) is 0 Å². The Balaban J connectivity index is 1.36. The van der Waals surface area contributed by atoms with Crippen molar-refractivity contribution in [3.05, 3.63) is 67.3 Å². The highest BCUT2D eigenvalue weighted by atomic mass is 15.4. The van der Waals surface area contributed by atoms with Crippen LogP contribution in [0.2, 0.25) is 0 Å². The quantitative estimate of drug-likeness (QED) is 0.216. The molecule has 0 saturated heterocycles. The Morgan fingerprint density at radius 1 is 0.711 bits per heavy atom. The summed E-state index contributed by atoms with van der Waals surface area (Å²) in [5.41, 5.74) is 3.97. The standard InChI is InChI=1S/C27H37N11/c1-7-37(24-13-9-22(10-14-24)29-31-26-33(3)17-18-34(26)4)19-20-38(8-2)25-15-11-23(12-16-25)30-32-27-35(5)21-28-36(27)6/h9-18,21H,7-8,19-20H2,1-6H3/q+2. The zero-order valence-corrected chi connectivity index (χ0v) is 23.1. The second-order valence-electron chi connectivity index (χ2n) is 9.08. The van der Waals surface area contributed by atoms with Crippen LogP contribution in [0.25, 0.3) is 0 Å². The van der Waals surface area contributed by atoms with Crippen molar-refractivity contribution in [3.63, 3.8) is 0 Å². The normalized spacial score (nSPS) is 11.6. The first-order chi connectivity index (χ1) is 18.4. The Hall–Kier alpha value is -4.41. The predicted molar refractivity (Wildman–Crippen MR) is 148 cm³/mol. The van der Waals surface area contributed by atoms with Gasteiger partial charge in [-0.2, -0.15) is 0 Å². The number of aromatic nitrogens is 5. The first kappa shape index (κ1) is 26.6. The van der Waals surface area contributed by atoms with Crippen molar-refractivity contribution in [3.8, 4) is 0 Å². The molecule has 2 aromatic carbocycles. The monoisotopic (exact) mass is 515 g/mol. The second-order valence-corrected chi connectivity index (χ2v) is 9.08. The van der Waals surface area contributed by atoms with E-state index in [4.69, 9.17) is 0 Å². The SMILES string of the molecule is CCN(CCN(CC)c1ccc(N=Nc2n(C)nc[n+]2C)cc1)c1ccc(N=Nc2n(C)cc[n+]2C)cc1. The smallest absolute Gasteiger partial charge is 0.370 e. The van der Waals surface area contributed by atoms with Crippen LogP contribution in [-0.4, -0.2) is 40.5 Å². The van der Waals surface area contributed by atoms with Crippen LogP contribution in [-0.2, 0) is 28.2 Å². The molecule has 11 nitrogen and oxygen atoms in total. The molecular formula is C27H37N11+2. The van der Waals surface area contributed by atoms with E-state index in [-0.39, 0.29) is 0 Å². The molecule has 0 amide bonds. The molecule has 0 fully saturated rings. The van der Waals surface area contributed by atoms with Gasteiger partial charge in [-0.1, -0.05) is 10.2 Å². The summed E-state index contributed by atoms with van der Waals surface area (Å²) in [7, 11) is 7.66. The Bertz CT molecular complexity index is 1230. The summed E-state index contributed by atoms with van der Waals surface area (Å²) < 4.78 is 7.41. The number of nitrogens with zero attached hydrogens (tertiary/aromatic N) is 11. The van der Waals surface area contributed by atoms with Gasteiger partial charge >= 0.3 is 11.9 Å². The van der Waals surface area contributed by atoms with Gasteiger partial charge in [0.2, 0.25) is 6.33 Å². The number of imidazole rings is 1. The molecule has 11 heteroatoms. The third-order valence-corrected chi connectivity index (χ3v) is 6.49. The third kappa shape index (κ3) is 6.28. The molecule has 0 saturated carbocycles. The molecule has 0 N–H and O–H groups in total. The van der Waals surface area contributed by atoms with Crippen LogP contribution >= 0.6 is 0 Å². The van der Waals surface area contributed by atoms with E-state index in [9.17, 15) is 0 Å². The molecule has 198 valence electrons. The van der Waals surface area contributed by atoms with Gasteiger partial charge in [0.1, 0.15) is 5.69 Å². The maximum atomic E-state index is 4.40. The molecule has 2 heterocycles. The minimum Gasteiger partial charge on any atom is -0.370 e. The van der Waals surface area contributed by atoms with Crippen molar-refractivity contribution >= 4 is 34.6 Å². The number of anilines is 2. The molecule has 2 aromatic heterocycles. The molecular weight excluding hydrogens is 478 g/mol. The fourth-order valence-electron chi connectivity index (χ4n) is 4.19. The fourth-order valence-corrected chi connectivity index (χ4v) is 4.19. The summed E-state index contributed by atoms with van der Waals surface area (Å²) in [6.07, 6.45) is 5.63. The van der Waals surface area contributed by atoms with E-state index in [1.807, 2.05) is 78.6 Å². The summed E-state index contributed by atoms with van der Waals surface area (Å²) in [4.78, 5) is 4.74. The number of azo groups is 2. The van der Waals surface area contributed by atoms with Crippen LogP contribution in [0.3, 0.4) is 0 Å². The third-order valence-electron chi connectivity index (χ3n) is 6.49. The van der Waals surface area contributed by atoms with Gasteiger partial charge in [-0.3, -0.25) is 0 Å². The number of hydrogen-bond acceptors (Lipinski definition) is 7. The molecule has 0 aliphatic heterocycles. The molecule has 0 atom stereocenters. The van der Waals surface area contributed by atoms with Crippen LogP contribution in [0.1, 0.15) is 13.8 Å². The van der Waals surface area contributed by atoms with Gasteiger partial charge in [0.25, 0.3) is 0 Å². The van der Waals surface area contributed by atoms with Crippen molar-refractivity contribution in [1.29, 1.82) is 0 Å². The van der Waals surface area contributed by atoms with E-state index in [0.717, 1.165) is 49.2 Å². The predicted octanol–water partition coefficient (Wildman–Crippen LogP) is 4.59. The van der Waals surface area contributed by atoms with E-state index in [1.165, 1.54) is 5.69 Å². The van der Waals surface area contributed by atoms with E-state index < -0.39 is 0 Å². The Morgan fingerprint density at radius 3 is 1.61 bits per heavy atom. The van der Waals surface area contributed by atoms with Crippen LogP contribution < -0.4 is 18.9 Å². The average molecular weight is 516 g/mol. The lowest BCUT2D eigenvalue weighted by atomic mass is 10.2. The maximum absolute atomic E-state index is 4.40. The van der Waals surface area contributed by atoms with Gasteiger partial charge in [-0.15, -0.1) is 4.68 Å². The highest BCUT2D eigenvalue weighted by molar-refractivity contribution is 5.55. The first-order valence-corrected chi connectivity index (χ1v) is 12.8. The molecule has 0 aliphatic carbocycles. The van der Waals surface area contributed by atoms with Gasteiger partial charge in [-0.05, 0) is 67.5 Å². The molecule has 4 rings (SSSR count).